The topological polar surface area (TPSA) is 52.6 Å². The van der Waals surface area contributed by atoms with Gasteiger partial charge in [-0.2, -0.15) is 0 Å². The van der Waals surface area contributed by atoms with E-state index in [0.29, 0.717) is 0 Å². The molecule has 4 nitrogen and oxygen atoms in total. The molecule has 0 bridgehead atoms. The molecule has 1 atom stereocenters. The van der Waals surface area contributed by atoms with Gasteiger partial charge in [-0.05, 0) is 43.8 Å². The van der Waals surface area contributed by atoms with Gasteiger partial charge in [0.05, 0.1) is 14.2 Å². The fraction of sp³-hybridized carbons (Fsp3) is 0.611. The fourth-order valence-electron chi connectivity index (χ4n) is 2.53. The minimum absolute atomic E-state index is 0.270. The molecule has 0 aromatic carbocycles. The lowest BCUT2D eigenvalue weighted by atomic mass is 9.71. The largest absolute Gasteiger partial charge is 0.468 e. The molecule has 1 unspecified atom stereocenters. The van der Waals surface area contributed by atoms with Crippen LogP contribution >= 0.6 is 0 Å². The summed E-state index contributed by atoms with van der Waals surface area (Å²) in [6.45, 7) is 6.00. The third-order valence-electron chi connectivity index (χ3n) is 4.28. The zero-order valence-electron chi connectivity index (χ0n) is 14.1. The molecule has 0 N–H and O–H groups in total. The summed E-state index contributed by atoms with van der Waals surface area (Å²) in [5.41, 5.74) is 2.61. The van der Waals surface area contributed by atoms with Crippen LogP contribution < -0.4 is 0 Å². The molecule has 0 aliphatic heterocycles. The quantitative estimate of drug-likeness (QED) is 0.338. The third kappa shape index (κ3) is 3.69. The van der Waals surface area contributed by atoms with E-state index < -0.39 is 17.4 Å². The van der Waals surface area contributed by atoms with Crippen LogP contribution in [0.4, 0.5) is 0 Å². The van der Waals surface area contributed by atoms with Crippen LogP contribution in [0.15, 0.2) is 29.5 Å². The summed E-state index contributed by atoms with van der Waals surface area (Å²) in [7, 11) is 2.58. The first kappa shape index (κ1) is 18.2. The van der Waals surface area contributed by atoms with Crippen molar-refractivity contribution < 1.29 is 19.1 Å². The predicted octanol–water partition coefficient (Wildman–Crippen LogP) is 3.43. The lowest BCUT2D eigenvalue weighted by molar-refractivity contribution is -0.168. The molecule has 1 aliphatic rings. The second kappa shape index (κ2) is 8.00. The maximum atomic E-state index is 12.5. The van der Waals surface area contributed by atoms with Crippen molar-refractivity contribution in [3.8, 4) is 0 Å². The molecule has 0 saturated carbocycles. The van der Waals surface area contributed by atoms with Crippen molar-refractivity contribution in [2.75, 3.05) is 14.2 Å². The lowest BCUT2D eigenvalue weighted by Crippen LogP contribution is -2.45. The first-order valence-corrected chi connectivity index (χ1v) is 7.68. The Morgan fingerprint density at radius 1 is 1.27 bits per heavy atom. The summed E-state index contributed by atoms with van der Waals surface area (Å²) < 4.78 is 9.86. The van der Waals surface area contributed by atoms with Gasteiger partial charge in [-0.1, -0.05) is 26.0 Å². The number of ether oxygens (including phenoxy) is 2. The Morgan fingerprint density at radius 3 is 2.27 bits per heavy atom. The molecule has 1 aliphatic carbocycles. The van der Waals surface area contributed by atoms with E-state index in [-0.39, 0.29) is 11.8 Å². The molecule has 0 saturated heterocycles. The molecule has 122 valence electrons. The van der Waals surface area contributed by atoms with Crippen molar-refractivity contribution in [1.29, 1.82) is 0 Å². The number of rotatable bonds is 5. The SMILES string of the molecule is COC(=O)C(C=C=C(C)C(C)C)(C(=O)OC)C1C=CCCC1. The van der Waals surface area contributed by atoms with Gasteiger partial charge in [0.25, 0.3) is 0 Å². The van der Waals surface area contributed by atoms with Crippen molar-refractivity contribution in [1.82, 2.24) is 0 Å². The molecule has 0 fully saturated rings. The minimum atomic E-state index is -1.46. The number of hydrogen-bond acceptors (Lipinski definition) is 4. The standard InChI is InChI=1S/C18H26O4/c1-13(2)14(3)11-12-18(16(19)21-4,17(20)22-5)15-9-7-6-8-10-15/h7,9,12-13,15H,6,8,10H2,1-5H3. The van der Waals surface area contributed by atoms with Gasteiger partial charge in [-0.3, -0.25) is 9.59 Å². The molecular weight excluding hydrogens is 280 g/mol. The molecule has 22 heavy (non-hydrogen) atoms. The van der Waals surface area contributed by atoms with E-state index in [1.165, 1.54) is 14.2 Å². The predicted molar refractivity (Wildman–Crippen MR) is 85.1 cm³/mol. The van der Waals surface area contributed by atoms with Crippen LogP contribution in [0.3, 0.4) is 0 Å². The van der Waals surface area contributed by atoms with Gasteiger partial charge >= 0.3 is 11.9 Å². The van der Waals surface area contributed by atoms with Gasteiger partial charge in [0, 0.05) is 5.92 Å². The van der Waals surface area contributed by atoms with Crippen LogP contribution in [0.5, 0.6) is 0 Å². The molecule has 0 aromatic rings. The zero-order valence-corrected chi connectivity index (χ0v) is 14.1. The number of hydrogen-bond donors (Lipinski definition) is 0. The second-order valence-electron chi connectivity index (χ2n) is 5.94. The first-order valence-electron chi connectivity index (χ1n) is 7.68. The monoisotopic (exact) mass is 306 g/mol. The molecule has 0 radical (unpaired) electrons. The van der Waals surface area contributed by atoms with Gasteiger partial charge in [0.1, 0.15) is 0 Å². The van der Waals surface area contributed by atoms with E-state index >= 15 is 0 Å². The zero-order chi connectivity index (χ0) is 16.8. The van der Waals surface area contributed by atoms with Gasteiger partial charge in [0.15, 0.2) is 5.41 Å². The molecule has 0 heterocycles. The van der Waals surface area contributed by atoms with Crippen molar-refractivity contribution >= 4 is 11.9 Å². The van der Waals surface area contributed by atoms with Crippen molar-refractivity contribution in [2.24, 2.45) is 17.3 Å². The van der Waals surface area contributed by atoms with E-state index in [0.717, 1.165) is 24.8 Å². The number of esters is 2. The molecule has 0 spiro atoms. The Labute approximate surface area is 132 Å². The van der Waals surface area contributed by atoms with Crippen LogP contribution in [0.1, 0.15) is 40.0 Å². The maximum absolute atomic E-state index is 12.5. The number of allylic oxidation sites excluding steroid dienone is 2. The highest BCUT2D eigenvalue weighted by atomic mass is 16.5. The van der Waals surface area contributed by atoms with Gasteiger partial charge in [-0.15, -0.1) is 5.73 Å². The Kier molecular flexibility index (Phi) is 6.63. The van der Waals surface area contributed by atoms with Crippen LogP contribution in [-0.2, 0) is 19.1 Å². The normalized spacial score (nSPS) is 17.6. The number of methoxy groups -OCH3 is 2. The van der Waals surface area contributed by atoms with Crippen molar-refractivity contribution in [2.45, 2.75) is 40.0 Å². The van der Waals surface area contributed by atoms with E-state index in [1.807, 2.05) is 32.9 Å². The summed E-state index contributed by atoms with van der Waals surface area (Å²) in [5.74, 6) is -1.18. The van der Waals surface area contributed by atoms with Crippen molar-refractivity contribution in [3.63, 3.8) is 0 Å². The highest BCUT2D eigenvalue weighted by Gasteiger charge is 2.52. The number of carbonyl (C=O) groups excluding carboxylic acids is 2. The van der Waals surface area contributed by atoms with Crippen LogP contribution in [-0.4, -0.2) is 26.2 Å². The summed E-state index contributed by atoms with van der Waals surface area (Å²) in [6, 6.07) is 0. The van der Waals surface area contributed by atoms with Crippen LogP contribution in [0.25, 0.3) is 0 Å². The average Bonchev–Trinajstić information content (AvgIpc) is 2.55. The Hall–Kier alpha value is -1.80. The Bertz CT molecular complexity index is 491. The van der Waals surface area contributed by atoms with Gasteiger partial charge in [-0.25, -0.2) is 0 Å². The summed E-state index contributed by atoms with van der Waals surface area (Å²) >= 11 is 0. The smallest absolute Gasteiger partial charge is 0.328 e. The highest BCUT2D eigenvalue weighted by molar-refractivity contribution is 6.03. The summed E-state index contributed by atoms with van der Waals surface area (Å²) in [5, 5.41) is 0. The summed E-state index contributed by atoms with van der Waals surface area (Å²) in [4.78, 5) is 25.0. The number of carbonyl (C=O) groups is 2. The average molecular weight is 306 g/mol. The second-order valence-corrected chi connectivity index (χ2v) is 5.94. The van der Waals surface area contributed by atoms with Gasteiger partial charge in [0.2, 0.25) is 0 Å². The fourth-order valence-corrected chi connectivity index (χ4v) is 2.53. The van der Waals surface area contributed by atoms with E-state index in [9.17, 15) is 9.59 Å². The molecule has 4 heteroatoms. The highest BCUT2D eigenvalue weighted by Crippen LogP contribution is 2.39. The van der Waals surface area contributed by atoms with E-state index in [4.69, 9.17) is 9.47 Å². The lowest BCUT2D eigenvalue weighted by Gasteiger charge is -2.32. The minimum Gasteiger partial charge on any atom is -0.468 e. The van der Waals surface area contributed by atoms with Gasteiger partial charge < -0.3 is 9.47 Å². The molecule has 0 aromatic heterocycles. The Balaban J connectivity index is 3.48. The molecule has 0 amide bonds. The van der Waals surface area contributed by atoms with Crippen molar-refractivity contribution in [3.05, 3.63) is 29.5 Å². The third-order valence-corrected chi connectivity index (χ3v) is 4.28. The summed E-state index contributed by atoms with van der Waals surface area (Å²) in [6.07, 6.45) is 8.08. The maximum Gasteiger partial charge on any atom is 0.328 e. The van der Waals surface area contributed by atoms with Crippen LogP contribution in [0, 0.1) is 17.3 Å². The Morgan fingerprint density at radius 2 is 1.86 bits per heavy atom. The van der Waals surface area contributed by atoms with Crippen LogP contribution in [0.2, 0.25) is 0 Å². The van der Waals surface area contributed by atoms with E-state index in [1.54, 1.807) is 6.08 Å². The molecular formula is C18H26O4. The molecule has 1 rings (SSSR count). The van der Waals surface area contributed by atoms with E-state index in [2.05, 4.69) is 5.73 Å². The first-order chi connectivity index (χ1) is 10.4.